The molecule has 3 N–H and O–H groups in total. The number of hydrogen-bond acceptors (Lipinski definition) is 7. The number of thioether (sulfide) groups is 1. The molecule has 0 aliphatic carbocycles. The van der Waals surface area contributed by atoms with Gasteiger partial charge in [-0.3, -0.25) is 19.3 Å². The zero-order valence-corrected chi connectivity index (χ0v) is 28.1. The first-order valence-corrected chi connectivity index (χ1v) is 18.2. The molecule has 7 rings (SSSR count). The number of benzene rings is 2. The fraction of sp³-hybridized carbons (Fsp3) is 0.500. The second-order valence-corrected chi connectivity index (χ2v) is 14.8. The average molecular weight is 673 g/mol. The number of urea groups is 1. The number of nitrogens with one attached hydrogen (secondary N) is 3. The highest BCUT2D eigenvalue weighted by Gasteiger charge is 2.43. The summed E-state index contributed by atoms with van der Waals surface area (Å²) >= 11 is 1.93. The molecular formula is C36H44N6O5S. The predicted octanol–water partition coefficient (Wildman–Crippen LogP) is 3.38. The summed E-state index contributed by atoms with van der Waals surface area (Å²) in [7, 11) is 0. The molecule has 12 heteroatoms. The number of carbonyl (C=O) groups is 4. The molecule has 0 aromatic heterocycles. The van der Waals surface area contributed by atoms with E-state index in [2.05, 4.69) is 51.7 Å². The topological polar surface area (TPSA) is 123 Å². The number of piperidine rings is 1. The Balaban J connectivity index is 0.826. The Bertz CT molecular complexity index is 1570. The van der Waals surface area contributed by atoms with Crippen molar-refractivity contribution in [2.45, 2.75) is 81.6 Å². The fourth-order valence-corrected chi connectivity index (χ4v) is 9.05. The minimum Gasteiger partial charge on any atom is -0.489 e. The number of unbranched alkanes of at least 4 members (excludes halogenated alkanes) is 1. The number of piperazine rings is 1. The molecular weight excluding hydrogens is 629 g/mol. The highest BCUT2D eigenvalue weighted by Crippen LogP contribution is 2.35. The van der Waals surface area contributed by atoms with Crippen LogP contribution in [0, 0.1) is 0 Å². The first kappa shape index (κ1) is 32.5. The van der Waals surface area contributed by atoms with Crippen molar-refractivity contribution in [2.75, 3.05) is 31.9 Å². The minimum atomic E-state index is -0.499. The SMILES string of the molecule is C=C1CCC(N2Cc3c(OCc4ccc(CN5CCN(C(=O)CCCCC6SCC7NC(=O)NC76)CC5)cc4)cccc3C2=O)C(=O)N1. The summed E-state index contributed by atoms with van der Waals surface area (Å²) in [6.45, 7) is 8.64. The Morgan fingerprint density at radius 2 is 1.77 bits per heavy atom. The summed E-state index contributed by atoms with van der Waals surface area (Å²) < 4.78 is 6.21. The first-order valence-electron chi connectivity index (χ1n) is 17.1. The largest absolute Gasteiger partial charge is 0.489 e. The van der Waals surface area contributed by atoms with Gasteiger partial charge in [0.2, 0.25) is 11.8 Å². The van der Waals surface area contributed by atoms with Crippen LogP contribution < -0.4 is 20.7 Å². The summed E-state index contributed by atoms with van der Waals surface area (Å²) in [5.41, 5.74) is 4.37. The Kier molecular flexibility index (Phi) is 9.63. The van der Waals surface area contributed by atoms with Crippen LogP contribution in [0.4, 0.5) is 4.79 Å². The van der Waals surface area contributed by atoms with Crippen molar-refractivity contribution in [2.24, 2.45) is 0 Å². The minimum absolute atomic E-state index is 0.0489. The third-order valence-electron chi connectivity index (χ3n) is 10.3. The molecule has 0 radical (unpaired) electrons. The van der Waals surface area contributed by atoms with Crippen LogP contribution in [-0.4, -0.2) is 93.8 Å². The fourth-order valence-electron chi connectivity index (χ4n) is 7.51. The maximum absolute atomic E-state index is 13.2. The molecule has 4 fully saturated rings. The van der Waals surface area contributed by atoms with Crippen molar-refractivity contribution >= 4 is 35.5 Å². The zero-order valence-electron chi connectivity index (χ0n) is 27.2. The quantitative estimate of drug-likeness (QED) is 0.247. The van der Waals surface area contributed by atoms with E-state index in [-0.39, 0.29) is 35.8 Å². The molecule has 2 aromatic carbocycles. The summed E-state index contributed by atoms with van der Waals surface area (Å²) in [5.74, 6) is 1.58. The summed E-state index contributed by atoms with van der Waals surface area (Å²) in [6.07, 6.45) is 4.76. The molecule has 11 nitrogen and oxygen atoms in total. The number of nitrogens with zero attached hydrogens (tertiary/aromatic N) is 3. The number of ether oxygens (including phenoxy) is 1. The van der Waals surface area contributed by atoms with Crippen LogP contribution >= 0.6 is 11.8 Å². The van der Waals surface area contributed by atoms with Crippen molar-refractivity contribution in [3.8, 4) is 5.75 Å². The van der Waals surface area contributed by atoms with E-state index in [1.807, 2.05) is 28.8 Å². The smallest absolute Gasteiger partial charge is 0.315 e. The molecule has 254 valence electrons. The summed E-state index contributed by atoms with van der Waals surface area (Å²) in [4.78, 5) is 56.2. The van der Waals surface area contributed by atoms with Gasteiger partial charge in [-0.15, -0.1) is 0 Å². The first-order chi connectivity index (χ1) is 23.3. The monoisotopic (exact) mass is 672 g/mol. The highest BCUT2D eigenvalue weighted by molar-refractivity contribution is 8.00. The molecule has 5 heterocycles. The van der Waals surface area contributed by atoms with Gasteiger partial charge < -0.3 is 30.5 Å². The molecule has 2 aromatic rings. The van der Waals surface area contributed by atoms with Crippen LogP contribution in [0.1, 0.15) is 65.6 Å². The summed E-state index contributed by atoms with van der Waals surface area (Å²) in [6, 6.07) is 13.9. The van der Waals surface area contributed by atoms with Crippen molar-refractivity contribution < 1.29 is 23.9 Å². The van der Waals surface area contributed by atoms with Crippen LogP contribution in [-0.2, 0) is 29.3 Å². The van der Waals surface area contributed by atoms with E-state index in [4.69, 9.17) is 4.74 Å². The number of amides is 5. The van der Waals surface area contributed by atoms with Gasteiger partial charge in [0, 0.05) is 67.0 Å². The van der Waals surface area contributed by atoms with Gasteiger partial charge in [-0.05, 0) is 48.9 Å². The molecule has 4 unspecified atom stereocenters. The molecule has 4 atom stereocenters. The van der Waals surface area contributed by atoms with Crippen molar-refractivity contribution in [1.29, 1.82) is 0 Å². The van der Waals surface area contributed by atoms with E-state index in [0.717, 1.165) is 68.9 Å². The predicted molar refractivity (Wildman–Crippen MR) is 183 cm³/mol. The van der Waals surface area contributed by atoms with Gasteiger partial charge >= 0.3 is 6.03 Å². The maximum Gasteiger partial charge on any atom is 0.315 e. The molecule has 0 saturated carbocycles. The van der Waals surface area contributed by atoms with Crippen molar-refractivity contribution in [1.82, 2.24) is 30.7 Å². The van der Waals surface area contributed by atoms with E-state index in [0.29, 0.717) is 54.7 Å². The van der Waals surface area contributed by atoms with E-state index in [1.165, 1.54) is 5.56 Å². The van der Waals surface area contributed by atoms with Crippen LogP contribution in [0.3, 0.4) is 0 Å². The lowest BCUT2D eigenvalue weighted by Gasteiger charge is -2.35. The Labute approximate surface area is 285 Å². The number of carbonyl (C=O) groups excluding carboxylic acids is 4. The third kappa shape index (κ3) is 7.05. The number of fused-ring (bicyclic) bond motifs is 2. The van der Waals surface area contributed by atoms with E-state index in [9.17, 15) is 19.2 Å². The van der Waals surface area contributed by atoms with Gasteiger partial charge in [-0.2, -0.15) is 11.8 Å². The summed E-state index contributed by atoms with van der Waals surface area (Å²) in [5, 5.41) is 9.26. The number of rotatable bonds is 11. The van der Waals surface area contributed by atoms with Crippen LogP contribution in [0.15, 0.2) is 54.7 Å². The van der Waals surface area contributed by atoms with Crippen LogP contribution in [0.25, 0.3) is 0 Å². The normalized spacial score (nSPS) is 25.4. The second kappa shape index (κ2) is 14.2. The molecule has 48 heavy (non-hydrogen) atoms. The van der Waals surface area contributed by atoms with E-state index in [1.54, 1.807) is 11.0 Å². The standard InChI is InChI=1S/C36H44N6O5S/c1-23-9-14-29(34(44)37-23)42-20-27-26(35(42)45)5-4-6-30(27)47-21-25-12-10-24(11-13-25)19-40-15-17-41(18-16-40)32(43)8-3-2-7-31-33-28(22-48-31)38-36(46)39-33/h4-6,10-13,28-29,31,33H,1-3,7-9,14-22H2,(H,37,44)(H2,38,39,46). The highest BCUT2D eigenvalue weighted by atomic mass is 32.2. The molecule has 5 amide bonds. The number of allylic oxidation sites excluding steroid dienone is 1. The van der Waals surface area contributed by atoms with Crippen LogP contribution in [0.5, 0.6) is 5.75 Å². The lowest BCUT2D eigenvalue weighted by Crippen LogP contribution is -2.49. The third-order valence-corrected chi connectivity index (χ3v) is 11.8. The molecule has 5 aliphatic rings. The van der Waals surface area contributed by atoms with E-state index < -0.39 is 6.04 Å². The van der Waals surface area contributed by atoms with Gasteiger partial charge in [0.25, 0.3) is 5.91 Å². The molecule has 4 saturated heterocycles. The van der Waals surface area contributed by atoms with Gasteiger partial charge in [0.15, 0.2) is 0 Å². The van der Waals surface area contributed by atoms with Gasteiger partial charge in [0.1, 0.15) is 18.4 Å². The van der Waals surface area contributed by atoms with Crippen molar-refractivity contribution in [3.05, 3.63) is 77.0 Å². The van der Waals surface area contributed by atoms with Gasteiger partial charge in [-0.25, -0.2) is 4.79 Å². The lowest BCUT2D eigenvalue weighted by molar-refractivity contribution is -0.133. The van der Waals surface area contributed by atoms with E-state index >= 15 is 0 Å². The lowest BCUT2D eigenvalue weighted by atomic mass is 10.0. The maximum atomic E-state index is 13.2. The van der Waals surface area contributed by atoms with Crippen LogP contribution in [0.2, 0.25) is 0 Å². The second-order valence-electron chi connectivity index (χ2n) is 13.5. The Morgan fingerprint density at radius 3 is 2.56 bits per heavy atom. The average Bonchev–Trinajstić information content (AvgIpc) is 3.75. The Hall–Kier alpha value is -4.03. The Morgan fingerprint density at radius 1 is 0.979 bits per heavy atom. The number of hydrogen-bond donors (Lipinski definition) is 3. The van der Waals surface area contributed by atoms with Crippen molar-refractivity contribution in [3.63, 3.8) is 0 Å². The molecule has 0 bridgehead atoms. The molecule has 5 aliphatic heterocycles. The zero-order chi connectivity index (χ0) is 33.2. The van der Waals surface area contributed by atoms with Gasteiger partial charge in [-0.1, -0.05) is 43.3 Å². The van der Waals surface area contributed by atoms with Gasteiger partial charge in [0.05, 0.1) is 18.6 Å². The molecule has 0 spiro atoms.